The average molecular weight is 356 g/mol. The van der Waals surface area contributed by atoms with E-state index in [1.54, 1.807) is 27.8 Å². The van der Waals surface area contributed by atoms with Gasteiger partial charge in [-0.1, -0.05) is 23.2 Å². The lowest BCUT2D eigenvalue weighted by atomic mass is 9.97. The highest BCUT2D eigenvalue weighted by Gasteiger charge is 2.27. The summed E-state index contributed by atoms with van der Waals surface area (Å²) in [7, 11) is 0. The molecule has 1 amide bonds. The van der Waals surface area contributed by atoms with Crippen LogP contribution in [-0.4, -0.2) is 44.4 Å². The van der Waals surface area contributed by atoms with Crippen LogP contribution in [0.5, 0.6) is 0 Å². The van der Waals surface area contributed by atoms with Gasteiger partial charge in [-0.2, -0.15) is 0 Å². The zero-order valence-electron chi connectivity index (χ0n) is 12.2. The van der Waals surface area contributed by atoms with Gasteiger partial charge in [-0.3, -0.25) is 9.59 Å². The minimum absolute atomic E-state index is 0.0561. The molecule has 0 bridgehead atoms. The van der Waals surface area contributed by atoms with Gasteiger partial charge in [0.2, 0.25) is 5.91 Å². The molecule has 1 aliphatic rings. The van der Waals surface area contributed by atoms with Crippen LogP contribution in [0.25, 0.3) is 5.65 Å². The minimum atomic E-state index is -0.788. The molecule has 0 atom stereocenters. The number of hydrogen-bond acceptors (Lipinski definition) is 3. The third kappa shape index (κ3) is 3.43. The minimum Gasteiger partial charge on any atom is -0.481 e. The monoisotopic (exact) mass is 355 g/mol. The first-order valence-electron chi connectivity index (χ1n) is 7.27. The van der Waals surface area contributed by atoms with E-state index in [2.05, 4.69) is 4.98 Å². The Bertz CT molecular complexity index is 767. The number of fused-ring (bicyclic) bond motifs is 1. The van der Waals surface area contributed by atoms with E-state index in [1.807, 2.05) is 0 Å². The third-order valence-corrected chi connectivity index (χ3v) is 4.54. The highest BCUT2D eigenvalue weighted by molar-refractivity contribution is 6.36. The zero-order chi connectivity index (χ0) is 16.6. The van der Waals surface area contributed by atoms with E-state index in [1.165, 1.54) is 0 Å². The molecule has 0 spiro atoms. The fourth-order valence-electron chi connectivity index (χ4n) is 2.80. The lowest BCUT2D eigenvalue weighted by molar-refractivity contribution is -0.145. The standard InChI is InChI=1S/C15H15Cl2N3O3/c16-10-5-12(17)14-18-11(8-20(14)7-10)6-13(21)19-3-1-9(2-4-19)15(22)23/h5,7-9H,1-4,6H2,(H,22,23). The molecule has 2 aromatic rings. The molecule has 0 radical (unpaired) electrons. The number of halogens is 2. The molecule has 1 N–H and O–H groups in total. The van der Waals surface area contributed by atoms with E-state index in [0.717, 1.165) is 0 Å². The molecule has 122 valence electrons. The molecule has 0 unspecified atom stereocenters. The number of likely N-dealkylation sites (tertiary alicyclic amines) is 1. The highest BCUT2D eigenvalue weighted by atomic mass is 35.5. The Morgan fingerprint density at radius 2 is 1.96 bits per heavy atom. The third-order valence-electron chi connectivity index (χ3n) is 4.05. The van der Waals surface area contributed by atoms with E-state index in [4.69, 9.17) is 28.3 Å². The van der Waals surface area contributed by atoms with Crippen molar-refractivity contribution in [1.29, 1.82) is 0 Å². The van der Waals surface area contributed by atoms with E-state index in [0.29, 0.717) is 47.3 Å². The Morgan fingerprint density at radius 3 is 2.61 bits per heavy atom. The number of carbonyl (C=O) groups is 2. The van der Waals surface area contributed by atoms with E-state index in [9.17, 15) is 9.59 Å². The fourth-order valence-corrected chi connectivity index (χ4v) is 3.33. The Labute approximate surface area is 142 Å². The summed E-state index contributed by atoms with van der Waals surface area (Å²) in [6.07, 6.45) is 4.56. The van der Waals surface area contributed by atoms with Gasteiger partial charge in [-0.25, -0.2) is 4.98 Å². The van der Waals surface area contributed by atoms with Crippen LogP contribution in [0.2, 0.25) is 10.0 Å². The molecule has 8 heteroatoms. The van der Waals surface area contributed by atoms with Gasteiger partial charge in [0.1, 0.15) is 0 Å². The molecular formula is C15H15Cl2N3O3. The van der Waals surface area contributed by atoms with Gasteiger partial charge < -0.3 is 14.4 Å². The summed E-state index contributed by atoms with van der Waals surface area (Å²) in [5.41, 5.74) is 1.17. The number of carboxylic acid groups (broad SMARTS) is 1. The second-order valence-electron chi connectivity index (χ2n) is 5.64. The molecule has 1 fully saturated rings. The molecule has 0 aliphatic carbocycles. The van der Waals surface area contributed by atoms with Crippen molar-refractivity contribution in [3.63, 3.8) is 0 Å². The van der Waals surface area contributed by atoms with Crippen LogP contribution in [0.4, 0.5) is 0 Å². The molecule has 0 aromatic carbocycles. The van der Waals surface area contributed by atoms with Crippen molar-refractivity contribution in [3.8, 4) is 0 Å². The summed E-state index contributed by atoms with van der Waals surface area (Å²) >= 11 is 12.0. The van der Waals surface area contributed by atoms with Crippen LogP contribution in [-0.2, 0) is 16.0 Å². The zero-order valence-corrected chi connectivity index (χ0v) is 13.7. The van der Waals surface area contributed by atoms with Crippen LogP contribution >= 0.6 is 23.2 Å². The molecule has 3 heterocycles. The van der Waals surface area contributed by atoms with Gasteiger partial charge in [0.05, 0.1) is 28.1 Å². The smallest absolute Gasteiger partial charge is 0.306 e. The van der Waals surface area contributed by atoms with Crippen LogP contribution in [0.3, 0.4) is 0 Å². The van der Waals surface area contributed by atoms with Gasteiger partial charge >= 0.3 is 5.97 Å². The summed E-state index contributed by atoms with van der Waals surface area (Å²) in [5.74, 6) is -1.20. The molecule has 1 saturated heterocycles. The molecule has 1 aliphatic heterocycles. The second-order valence-corrected chi connectivity index (χ2v) is 6.48. The second kappa shape index (κ2) is 6.37. The lowest BCUT2D eigenvalue weighted by Crippen LogP contribution is -2.41. The van der Waals surface area contributed by atoms with Crippen molar-refractivity contribution in [2.75, 3.05) is 13.1 Å². The van der Waals surface area contributed by atoms with Crippen molar-refractivity contribution in [2.45, 2.75) is 19.3 Å². The fraction of sp³-hybridized carbons (Fsp3) is 0.400. The number of carboxylic acids is 1. The number of hydrogen-bond donors (Lipinski definition) is 1. The first-order valence-corrected chi connectivity index (χ1v) is 8.03. The maximum absolute atomic E-state index is 12.3. The first kappa shape index (κ1) is 16.1. The van der Waals surface area contributed by atoms with Crippen molar-refractivity contribution in [1.82, 2.24) is 14.3 Å². The molecule has 3 rings (SSSR count). The summed E-state index contributed by atoms with van der Waals surface area (Å²) in [5, 5.41) is 9.91. The summed E-state index contributed by atoms with van der Waals surface area (Å²) < 4.78 is 1.70. The van der Waals surface area contributed by atoms with E-state index in [-0.39, 0.29) is 18.2 Å². The maximum atomic E-state index is 12.3. The van der Waals surface area contributed by atoms with Gasteiger partial charge in [0.15, 0.2) is 5.65 Å². The molecular weight excluding hydrogens is 341 g/mol. The predicted octanol–water partition coefficient (Wildman–Crippen LogP) is 2.51. The van der Waals surface area contributed by atoms with Crippen LogP contribution < -0.4 is 0 Å². The van der Waals surface area contributed by atoms with Crippen LogP contribution in [0, 0.1) is 5.92 Å². The molecule has 6 nitrogen and oxygen atoms in total. The summed E-state index contributed by atoms with van der Waals surface area (Å²) in [6, 6.07) is 1.60. The largest absolute Gasteiger partial charge is 0.481 e. The van der Waals surface area contributed by atoms with Crippen molar-refractivity contribution >= 4 is 40.7 Å². The number of piperidine rings is 1. The number of amides is 1. The van der Waals surface area contributed by atoms with Gasteiger partial charge in [0.25, 0.3) is 0 Å². The quantitative estimate of drug-likeness (QED) is 0.917. The van der Waals surface area contributed by atoms with Gasteiger partial charge in [-0.15, -0.1) is 0 Å². The van der Waals surface area contributed by atoms with Gasteiger partial charge in [-0.05, 0) is 18.9 Å². The predicted molar refractivity (Wildman–Crippen MR) is 85.9 cm³/mol. The number of nitrogens with zero attached hydrogens (tertiary/aromatic N) is 3. The van der Waals surface area contributed by atoms with E-state index < -0.39 is 5.97 Å². The van der Waals surface area contributed by atoms with Gasteiger partial charge in [0, 0.05) is 25.5 Å². The average Bonchev–Trinajstić information content (AvgIpc) is 2.90. The molecule has 23 heavy (non-hydrogen) atoms. The highest BCUT2D eigenvalue weighted by Crippen LogP contribution is 2.22. The SMILES string of the molecule is O=C(O)C1CCN(C(=O)Cc2cn3cc(Cl)cc(Cl)c3n2)CC1. The Hall–Kier alpha value is -1.79. The Balaban J connectivity index is 1.69. The normalized spacial score (nSPS) is 16.0. The van der Waals surface area contributed by atoms with E-state index >= 15 is 0 Å². The van der Waals surface area contributed by atoms with Crippen molar-refractivity contribution in [2.24, 2.45) is 5.92 Å². The number of rotatable bonds is 3. The van der Waals surface area contributed by atoms with Crippen molar-refractivity contribution in [3.05, 3.63) is 34.2 Å². The number of pyridine rings is 1. The molecule has 0 saturated carbocycles. The molecule has 2 aromatic heterocycles. The van der Waals surface area contributed by atoms with Crippen molar-refractivity contribution < 1.29 is 14.7 Å². The van der Waals surface area contributed by atoms with Crippen LogP contribution in [0.15, 0.2) is 18.5 Å². The summed E-state index contributed by atoms with van der Waals surface area (Å²) in [4.78, 5) is 29.3. The summed E-state index contributed by atoms with van der Waals surface area (Å²) in [6.45, 7) is 0.936. The number of carbonyl (C=O) groups excluding carboxylic acids is 1. The number of aliphatic carboxylic acids is 1. The Morgan fingerprint density at radius 1 is 1.26 bits per heavy atom. The van der Waals surface area contributed by atoms with Crippen LogP contribution in [0.1, 0.15) is 18.5 Å². The number of aromatic nitrogens is 2. The Kier molecular flexibility index (Phi) is 4.46. The topological polar surface area (TPSA) is 74.9 Å². The number of imidazole rings is 1. The maximum Gasteiger partial charge on any atom is 0.306 e. The first-order chi connectivity index (χ1) is 10.9. The lowest BCUT2D eigenvalue weighted by Gasteiger charge is -2.30.